The second kappa shape index (κ2) is 10.2. The summed E-state index contributed by atoms with van der Waals surface area (Å²) in [5, 5.41) is 12.7. The zero-order valence-electron chi connectivity index (χ0n) is 17.5. The van der Waals surface area contributed by atoms with Gasteiger partial charge in [0.2, 0.25) is 21.8 Å². The van der Waals surface area contributed by atoms with Gasteiger partial charge in [0.25, 0.3) is 0 Å². The maximum absolute atomic E-state index is 13.1. The van der Waals surface area contributed by atoms with Gasteiger partial charge >= 0.3 is 5.97 Å². The molecule has 3 aromatic rings. The number of nitrogens with two attached hydrogens (primary N) is 1. The molecule has 3 aromatic carbocycles. The maximum atomic E-state index is 13.1. The van der Waals surface area contributed by atoms with Crippen LogP contribution in [0.15, 0.2) is 77.7 Å². The van der Waals surface area contributed by atoms with Crippen molar-refractivity contribution in [2.24, 2.45) is 5.73 Å². The van der Waals surface area contributed by atoms with E-state index in [2.05, 4.69) is 10.0 Å². The zero-order chi connectivity index (χ0) is 24.0. The number of carbonyl (C=O) groups excluding carboxylic acids is 2. The van der Waals surface area contributed by atoms with Crippen LogP contribution in [0.4, 0.5) is 0 Å². The first-order valence-corrected chi connectivity index (χ1v) is 11.5. The molecule has 33 heavy (non-hydrogen) atoms. The number of carbonyl (C=O) groups is 3. The molecule has 9 nitrogen and oxygen atoms in total. The topological polar surface area (TPSA) is 156 Å². The normalized spacial score (nSPS) is 13.2. The number of benzene rings is 3. The Labute approximate surface area is 190 Å². The van der Waals surface area contributed by atoms with Crippen LogP contribution in [0.1, 0.15) is 12.0 Å². The third-order valence-electron chi connectivity index (χ3n) is 4.97. The molecule has 10 heteroatoms. The molecule has 0 aliphatic rings. The number of aliphatic carboxylic acids is 1. The van der Waals surface area contributed by atoms with Crippen LogP contribution < -0.4 is 15.8 Å². The van der Waals surface area contributed by atoms with Gasteiger partial charge in [-0.25, -0.2) is 8.42 Å². The largest absolute Gasteiger partial charge is 0.481 e. The number of rotatable bonds is 10. The first-order valence-electron chi connectivity index (χ1n) is 10.0. The molecule has 0 unspecified atom stereocenters. The van der Waals surface area contributed by atoms with Gasteiger partial charge < -0.3 is 16.2 Å². The summed E-state index contributed by atoms with van der Waals surface area (Å²) in [6.45, 7) is 0. The first kappa shape index (κ1) is 23.9. The molecule has 172 valence electrons. The fourth-order valence-corrected chi connectivity index (χ4v) is 4.81. The molecule has 3 rings (SSSR count). The summed E-state index contributed by atoms with van der Waals surface area (Å²) in [6.07, 6.45) is -0.759. The minimum Gasteiger partial charge on any atom is -0.481 e. The minimum absolute atomic E-state index is 0.0672. The Kier molecular flexibility index (Phi) is 7.41. The lowest BCUT2D eigenvalue weighted by Gasteiger charge is -2.21. The summed E-state index contributed by atoms with van der Waals surface area (Å²) < 4.78 is 28.3. The third kappa shape index (κ3) is 6.15. The zero-order valence-corrected chi connectivity index (χ0v) is 18.3. The van der Waals surface area contributed by atoms with E-state index in [1.807, 2.05) is 0 Å². The third-order valence-corrected chi connectivity index (χ3v) is 6.50. The number of hydrogen-bond donors (Lipinski definition) is 4. The van der Waals surface area contributed by atoms with Gasteiger partial charge in [-0.1, -0.05) is 66.7 Å². The van der Waals surface area contributed by atoms with Crippen LogP contribution in [-0.2, 0) is 30.8 Å². The summed E-state index contributed by atoms with van der Waals surface area (Å²) in [4.78, 5) is 36.0. The first-order chi connectivity index (χ1) is 15.7. The van der Waals surface area contributed by atoms with Crippen LogP contribution in [-0.4, -0.2) is 43.4 Å². The predicted molar refractivity (Wildman–Crippen MR) is 122 cm³/mol. The monoisotopic (exact) mass is 469 g/mol. The second-order valence-corrected chi connectivity index (χ2v) is 9.08. The van der Waals surface area contributed by atoms with E-state index in [1.54, 1.807) is 66.7 Å². The molecule has 2 amide bonds. The van der Waals surface area contributed by atoms with Crippen LogP contribution in [0.5, 0.6) is 0 Å². The van der Waals surface area contributed by atoms with Gasteiger partial charge in [0.05, 0.1) is 11.3 Å². The van der Waals surface area contributed by atoms with Crippen molar-refractivity contribution in [1.29, 1.82) is 0 Å². The predicted octanol–water partition coefficient (Wildman–Crippen LogP) is 1.17. The van der Waals surface area contributed by atoms with Crippen LogP contribution in [0.2, 0.25) is 0 Å². The molecule has 0 radical (unpaired) electrons. The fraction of sp³-hybridized carbons (Fsp3) is 0.174. The number of primary amides is 1. The molecular weight excluding hydrogens is 446 g/mol. The van der Waals surface area contributed by atoms with E-state index in [0.29, 0.717) is 16.3 Å². The number of hydrogen-bond acceptors (Lipinski definition) is 5. The van der Waals surface area contributed by atoms with Gasteiger partial charge in [-0.2, -0.15) is 4.72 Å². The van der Waals surface area contributed by atoms with Gasteiger partial charge in [-0.15, -0.1) is 0 Å². The van der Waals surface area contributed by atoms with Crippen LogP contribution in [0.25, 0.3) is 10.8 Å². The Hall–Kier alpha value is -3.76. The average molecular weight is 470 g/mol. The molecule has 0 heterocycles. The van der Waals surface area contributed by atoms with Crippen LogP contribution >= 0.6 is 0 Å². The molecule has 0 aromatic heterocycles. The molecule has 0 spiro atoms. The highest BCUT2D eigenvalue weighted by molar-refractivity contribution is 7.89. The van der Waals surface area contributed by atoms with E-state index in [1.165, 1.54) is 6.07 Å². The highest BCUT2D eigenvalue weighted by atomic mass is 32.2. The van der Waals surface area contributed by atoms with Gasteiger partial charge in [0.1, 0.15) is 12.1 Å². The number of amides is 2. The molecule has 0 saturated carbocycles. The van der Waals surface area contributed by atoms with Crippen molar-refractivity contribution in [2.75, 3.05) is 0 Å². The molecule has 0 saturated heterocycles. The molecule has 2 atom stereocenters. The molecular formula is C23H23N3O6S. The second-order valence-electron chi connectivity index (χ2n) is 7.40. The highest BCUT2D eigenvalue weighted by Crippen LogP contribution is 2.23. The van der Waals surface area contributed by atoms with E-state index in [-0.39, 0.29) is 11.3 Å². The maximum Gasteiger partial charge on any atom is 0.305 e. The van der Waals surface area contributed by atoms with Crippen molar-refractivity contribution in [2.45, 2.75) is 29.8 Å². The fourth-order valence-electron chi connectivity index (χ4n) is 3.39. The molecule has 0 aliphatic heterocycles. The standard InChI is InChI=1S/C23H23N3O6S/c24-22(29)18(13-15-7-2-1-3-8-15)25-23(30)19(14-21(27)28)26-33(31,32)20-12-6-10-16-9-4-5-11-17(16)20/h1-12,18-19,26H,13-14H2,(H2,24,29)(H,25,30)(H,27,28)/t18-,19-/m0/s1. The van der Waals surface area contributed by atoms with Crippen molar-refractivity contribution >= 4 is 38.6 Å². The van der Waals surface area contributed by atoms with Gasteiger partial charge in [-0.05, 0) is 17.0 Å². The highest BCUT2D eigenvalue weighted by Gasteiger charge is 2.31. The Balaban J connectivity index is 1.85. The smallest absolute Gasteiger partial charge is 0.305 e. The SMILES string of the molecule is NC(=O)[C@H](Cc1ccccc1)NC(=O)[C@H](CC(=O)O)NS(=O)(=O)c1cccc2ccccc12. The summed E-state index contributed by atoms with van der Waals surface area (Å²) in [5.41, 5.74) is 6.12. The van der Waals surface area contributed by atoms with E-state index in [4.69, 9.17) is 5.73 Å². The van der Waals surface area contributed by atoms with Crippen molar-refractivity contribution in [3.05, 3.63) is 78.4 Å². The van der Waals surface area contributed by atoms with Crippen molar-refractivity contribution in [3.63, 3.8) is 0 Å². The van der Waals surface area contributed by atoms with Crippen molar-refractivity contribution in [1.82, 2.24) is 10.0 Å². The average Bonchev–Trinajstić information content (AvgIpc) is 2.78. The number of sulfonamides is 1. The number of carboxylic acid groups (broad SMARTS) is 1. The lowest BCUT2D eigenvalue weighted by Crippen LogP contribution is -2.54. The molecule has 5 N–H and O–H groups in total. The Morgan fingerprint density at radius 1 is 0.879 bits per heavy atom. The summed E-state index contributed by atoms with van der Waals surface area (Å²) >= 11 is 0. The summed E-state index contributed by atoms with van der Waals surface area (Å²) in [6, 6.07) is 17.4. The van der Waals surface area contributed by atoms with Gasteiger partial charge in [-0.3, -0.25) is 14.4 Å². The Morgan fingerprint density at radius 3 is 2.18 bits per heavy atom. The van der Waals surface area contributed by atoms with Crippen molar-refractivity contribution < 1.29 is 27.9 Å². The Morgan fingerprint density at radius 2 is 1.52 bits per heavy atom. The quantitative estimate of drug-likeness (QED) is 0.349. The van der Waals surface area contributed by atoms with Crippen LogP contribution in [0.3, 0.4) is 0 Å². The molecule has 0 aliphatic carbocycles. The Bertz CT molecular complexity index is 1270. The van der Waals surface area contributed by atoms with E-state index in [9.17, 15) is 27.9 Å². The van der Waals surface area contributed by atoms with Gasteiger partial charge in [0.15, 0.2) is 0 Å². The van der Waals surface area contributed by atoms with E-state index < -0.39 is 46.3 Å². The lowest BCUT2D eigenvalue weighted by molar-refractivity contribution is -0.139. The van der Waals surface area contributed by atoms with Crippen LogP contribution in [0, 0.1) is 0 Å². The summed E-state index contributed by atoms with van der Waals surface area (Å²) in [7, 11) is -4.28. The van der Waals surface area contributed by atoms with Gasteiger partial charge in [0, 0.05) is 11.8 Å². The molecule has 0 bridgehead atoms. The number of fused-ring (bicyclic) bond motifs is 1. The number of carboxylic acids is 1. The van der Waals surface area contributed by atoms with E-state index >= 15 is 0 Å². The lowest BCUT2D eigenvalue weighted by atomic mass is 10.0. The summed E-state index contributed by atoms with van der Waals surface area (Å²) in [5.74, 6) is -3.20. The van der Waals surface area contributed by atoms with E-state index in [0.717, 1.165) is 0 Å². The number of nitrogens with one attached hydrogen (secondary N) is 2. The molecule has 0 fully saturated rings. The minimum atomic E-state index is -4.28. The van der Waals surface area contributed by atoms with Crippen molar-refractivity contribution in [3.8, 4) is 0 Å².